The largest absolute Gasteiger partial charge is 0.412 e. The first kappa shape index (κ1) is 19.0. The molecule has 7 heteroatoms. The number of hydrogen-bond acceptors (Lipinski definition) is 4. The van der Waals surface area contributed by atoms with Crippen LogP contribution < -0.4 is 10.2 Å². The minimum atomic E-state index is -2.87. The van der Waals surface area contributed by atoms with Gasteiger partial charge in [-0.25, -0.2) is 8.42 Å². The van der Waals surface area contributed by atoms with Gasteiger partial charge in [-0.15, -0.1) is 0 Å². The summed E-state index contributed by atoms with van der Waals surface area (Å²) in [7, 11) is -2.87. The highest BCUT2D eigenvalue weighted by atomic mass is 32.2. The lowest BCUT2D eigenvalue weighted by atomic mass is 10.0. The zero-order chi connectivity index (χ0) is 15.1. The summed E-state index contributed by atoms with van der Waals surface area (Å²) in [5.74, 6) is 0.366. The van der Waals surface area contributed by atoms with E-state index in [1.807, 2.05) is 6.92 Å². The number of hydrogen-bond donors (Lipinski definition) is 2. The van der Waals surface area contributed by atoms with Crippen molar-refractivity contribution in [2.24, 2.45) is 0 Å². The number of rotatable bonds is 4. The summed E-state index contributed by atoms with van der Waals surface area (Å²) in [6.07, 6.45) is 0.589. The Morgan fingerprint density at radius 1 is 1.32 bits per heavy atom. The standard InChI is InChI=1S/C6H11NO2S3.C6H15N/c1-6(7-5(10)11)2-3-12(8,9)4-6;1-4-7(5-2)6-3/h2-4H2,1H3,(H2,7,10,11);4-6H2,1-3H3. The maximum atomic E-state index is 11.1. The van der Waals surface area contributed by atoms with E-state index in [0.29, 0.717) is 6.42 Å². The predicted molar refractivity (Wildman–Crippen MR) is 87.4 cm³/mol. The predicted octanol–water partition coefficient (Wildman–Crippen LogP) is -0.0840. The van der Waals surface area contributed by atoms with E-state index in [9.17, 15) is 8.42 Å². The van der Waals surface area contributed by atoms with Crippen LogP contribution in [0, 0.1) is 0 Å². The molecular formula is C12H26N2O2S3. The topological polar surface area (TPSA) is 50.6 Å². The van der Waals surface area contributed by atoms with Crippen LogP contribution in [0.5, 0.6) is 0 Å². The van der Waals surface area contributed by atoms with Crippen LogP contribution in [-0.2, 0) is 22.5 Å². The monoisotopic (exact) mass is 326 g/mol. The van der Waals surface area contributed by atoms with Crippen molar-refractivity contribution in [3.05, 3.63) is 0 Å². The molecule has 1 unspecified atom stereocenters. The summed E-state index contributed by atoms with van der Waals surface area (Å²) < 4.78 is 22.5. The highest BCUT2D eigenvalue weighted by Gasteiger charge is 2.37. The smallest absolute Gasteiger partial charge is 0.152 e. The molecule has 1 aliphatic rings. The molecule has 1 saturated heterocycles. The second kappa shape index (κ2) is 8.34. The summed E-state index contributed by atoms with van der Waals surface area (Å²) in [6.45, 7) is 12.3. The fourth-order valence-electron chi connectivity index (χ4n) is 2.11. The van der Waals surface area contributed by atoms with Crippen LogP contribution in [-0.4, -0.2) is 49.4 Å². The fourth-order valence-corrected chi connectivity index (χ4v) is 4.69. The number of nitrogens with one attached hydrogen (secondary N) is 2. The average Bonchev–Trinajstić information content (AvgIpc) is 2.55. The van der Waals surface area contributed by atoms with Crippen LogP contribution in [0.3, 0.4) is 0 Å². The third kappa shape index (κ3) is 8.02. The molecule has 114 valence electrons. The van der Waals surface area contributed by atoms with E-state index in [0.717, 1.165) is 0 Å². The van der Waals surface area contributed by atoms with Gasteiger partial charge in [0.1, 0.15) is 0 Å². The van der Waals surface area contributed by atoms with E-state index in [1.54, 1.807) is 4.90 Å². The number of thiocarbonyl (C=S) groups is 1. The van der Waals surface area contributed by atoms with Crippen molar-refractivity contribution in [2.45, 2.75) is 39.7 Å². The second-order valence-electron chi connectivity index (χ2n) is 5.13. The summed E-state index contributed by atoms with van der Waals surface area (Å²) in [5.41, 5.74) is -0.433. The van der Waals surface area contributed by atoms with Crippen molar-refractivity contribution in [2.75, 3.05) is 31.1 Å². The van der Waals surface area contributed by atoms with E-state index >= 15 is 0 Å². The number of sulfone groups is 1. The highest BCUT2D eigenvalue weighted by Crippen LogP contribution is 2.22. The van der Waals surface area contributed by atoms with E-state index < -0.39 is 15.4 Å². The maximum absolute atomic E-state index is 11.1. The molecule has 4 nitrogen and oxygen atoms in total. The van der Waals surface area contributed by atoms with E-state index in [2.05, 4.69) is 50.9 Å². The Bertz CT molecular complexity index is 375. The first-order chi connectivity index (χ1) is 8.68. The Labute approximate surface area is 128 Å². The normalized spacial score (nSPS) is 24.7. The summed E-state index contributed by atoms with van der Waals surface area (Å²) in [6, 6.07) is 0. The van der Waals surface area contributed by atoms with Crippen LogP contribution in [0.2, 0.25) is 0 Å². The van der Waals surface area contributed by atoms with Gasteiger partial charge < -0.3 is 35.1 Å². The molecule has 0 saturated carbocycles. The molecule has 0 amide bonds. The van der Waals surface area contributed by atoms with Gasteiger partial charge in [0.2, 0.25) is 0 Å². The van der Waals surface area contributed by atoms with Crippen molar-refractivity contribution < 1.29 is 13.3 Å². The molecule has 1 heterocycles. The van der Waals surface area contributed by atoms with Gasteiger partial charge in [0.05, 0.1) is 31.1 Å². The molecule has 0 bridgehead atoms. The van der Waals surface area contributed by atoms with Crippen molar-refractivity contribution in [1.82, 2.24) is 5.32 Å². The Morgan fingerprint density at radius 2 is 1.79 bits per heavy atom. The molecule has 19 heavy (non-hydrogen) atoms. The molecule has 1 aliphatic heterocycles. The minimum Gasteiger partial charge on any atom is -0.412 e. The van der Waals surface area contributed by atoms with Crippen molar-refractivity contribution >= 4 is 39.0 Å². The second-order valence-corrected chi connectivity index (χ2v) is 8.38. The first-order valence-corrected chi connectivity index (χ1v) is 9.35. The third-order valence-corrected chi connectivity index (χ3v) is 5.51. The fraction of sp³-hybridized carbons (Fsp3) is 0.917. The van der Waals surface area contributed by atoms with Gasteiger partial charge in [-0.3, -0.25) is 0 Å². The van der Waals surface area contributed by atoms with Crippen LogP contribution >= 0.6 is 12.2 Å². The minimum absolute atomic E-state index is 0.136. The van der Waals surface area contributed by atoms with Gasteiger partial charge >= 0.3 is 0 Å². The lowest BCUT2D eigenvalue weighted by Crippen LogP contribution is -3.11. The van der Waals surface area contributed by atoms with Crippen LogP contribution in [0.1, 0.15) is 34.1 Å². The van der Waals surface area contributed by atoms with Gasteiger partial charge in [-0.1, -0.05) is 4.32 Å². The van der Waals surface area contributed by atoms with Gasteiger partial charge in [0, 0.05) is 5.54 Å². The molecule has 0 spiro atoms. The SMILES string of the molecule is CC1(NC(=S)[S-])CCS(=O)(=O)C1.CC[NH+](CC)CC. The molecule has 0 radical (unpaired) electrons. The maximum Gasteiger partial charge on any atom is 0.152 e. The average molecular weight is 327 g/mol. The summed E-state index contributed by atoms with van der Waals surface area (Å²) >= 11 is 9.38. The van der Waals surface area contributed by atoms with Gasteiger partial charge in [0.15, 0.2) is 9.84 Å². The third-order valence-electron chi connectivity index (χ3n) is 3.41. The lowest BCUT2D eigenvalue weighted by Gasteiger charge is -2.27. The highest BCUT2D eigenvalue weighted by molar-refractivity contribution is 8.00. The molecule has 0 aliphatic carbocycles. The Hall–Kier alpha value is 0.0200. The van der Waals surface area contributed by atoms with E-state index in [4.69, 9.17) is 0 Å². The van der Waals surface area contributed by atoms with Crippen molar-refractivity contribution in [1.29, 1.82) is 0 Å². The Morgan fingerprint density at radius 3 is 2.00 bits per heavy atom. The van der Waals surface area contributed by atoms with Gasteiger partial charge in [-0.05, 0) is 34.1 Å². The summed E-state index contributed by atoms with van der Waals surface area (Å²) in [4.78, 5) is 1.68. The van der Waals surface area contributed by atoms with Crippen LogP contribution in [0.4, 0.5) is 0 Å². The molecule has 2 N–H and O–H groups in total. The lowest BCUT2D eigenvalue weighted by molar-refractivity contribution is -0.894. The zero-order valence-electron chi connectivity index (χ0n) is 12.3. The first-order valence-electron chi connectivity index (χ1n) is 6.71. The molecule has 0 aromatic carbocycles. The zero-order valence-corrected chi connectivity index (χ0v) is 14.7. The summed E-state index contributed by atoms with van der Waals surface area (Å²) in [5, 5.41) is 2.84. The van der Waals surface area contributed by atoms with Gasteiger partial charge in [-0.2, -0.15) is 0 Å². The number of quaternary nitrogens is 1. The molecular weight excluding hydrogens is 300 g/mol. The van der Waals surface area contributed by atoms with E-state index in [-0.39, 0.29) is 15.8 Å². The van der Waals surface area contributed by atoms with Crippen molar-refractivity contribution in [3.63, 3.8) is 0 Å². The van der Waals surface area contributed by atoms with E-state index in [1.165, 1.54) is 19.6 Å². The molecule has 0 aromatic rings. The Kier molecular flexibility index (Phi) is 8.35. The quantitative estimate of drug-likeness (QED) is 0.559. The molecule has 1 rings (SSSR count). The van der Waals surface area contributed by atoms with Crippen LogP contribution in [0.25, 0.3) is 0 Å². The molecule has 1 atom stereocenters. The molecule has 0 aromatic heterocycles. The van der Waals surface area contributed by atoms with Crippen molar-refractivity contribution in [3.8, 4) is 0 Å². The van der Waals surface area contributed by atoms with Gasteiger partial charge in [0.25, 0.3) is 0 Å². The Balaban J connectivity index is 0.000000399. The van der Waals surface area contributed by atoms with Crippen LogP contribution in [0.15, 0.2) is 0 Å². The molecule has 1 fully saturated rings.